The summed E-state index contributed by atoms with van der Waals surface area (Å²) in [5.74, 6) is 0. The molecule has 1 heterocycles. The molecule has 1 aliphatic rings. The van der Waals surface area contributed by atoms with Gasteiger partial charge in [-0.05, 0) is 16.7 Å². The summed E-state index contributed by atoms with van der Waals surface area (Å²) < 4.78 is 11.8. The molecule has 4 nitrogen and oxygen atoms in total. The number of rotatable bonds is 8. The van der Waals surface area contributed by atoms with Crippen molar-refractivity contribution in [2.24, 2.45) is 0 Å². The number of hydrogen-bond acceptors (Lipinski definition) is 4. The number of ether oxygens (including phenoxy) is 2. The number of hydrogen-bond donors (Lipinski definition) is 2. The van der Waals surface area contributed by atoms with Crippen molar-refractivity contribution < 1.29 is 19.7 Å². The van der Waals surface area contributed by atoms with Gasteiger partial charge in [0.1, 0.15) is 17.3 Å². The Kier molecular flexibility index (Phi) is 6.75. The van der Waals surface area contributed by atoms with Crippen molar-refractivity contribution in [3.63, 3.8) is 0 Å². The van der Waals surface area contributed by atoms with Crippen LogP contribution in [0.15, 0.2) is 91.0 Å². The highest BCUT2D eigenvalue weighted by Gasteiger charge is 2.65. The van der Waals surface area contributed by atoms with E-state index in [1.165, 1.54) is 0 Å². The van der Waals surface area contributed by atoms with Gasteiger partial charge in [-0.3, -0.25) is 0 Å². The van der Waals surface area contributed by atoms with Crippen LogP contribution in [-0.4, -0.2) is 39.7 Å². The van der Waals surface area contributed by atoms with E-state index in [0.717, 1.165) is 16.7 Å². The zero-order valence-corrected chi connectivity index (χ0v) is 18.0. The van der Waals surface area contributed by atoms with Crippen LogP contribution in [0.2, 0.25) is 0 Å². The molecule has 162 valence electrons. The molecule has 0 amide bonds. The van der Waals surface area contributed by atoms with E-state index in [4.69, 9.17) is 21.1 Å². The van der Waals surface area contributed by atoms with E-state index >= 15 is 0 Å². The Morgan fingerprint density at radius 2 is 1.16 bits per heavy atom. The molecule has 0 radical (unpaired) electrons. The average Bonchev–Trinajstić information content (AvgIpc) is 2.96. The summed E-state index contributed by atoms with van der Waals surface area (Å²) in [5, 5.41) is 23.6. The molecule has 0 unspecified atom stereocenters. The molecule has 4 atom stereocenters. The van der Waals surface area contributed by atoms with Gasteiger partial charge in [0.2, 0.25) is 0 Å². The Bertz CT molecular complexity index is 953. The zero-order chi connectivity index (χ0) is 21.7. The SMILES string of the molecule is O[C@]1(Cc2ccccc2)[C@@H](Cl)O[C@H](COCc2ccccc2)[C@]1(O)Cc1ccccc1. The molecular formula is C26H27ClO4. The predicted molar refractivity (Wildman–Crippen MR) is 121 cm³/mol. The fraction of sp³-hybridized carbons (Fsp3) is 0.308. The van der Waals surface area contributed by atoms with Crippen LogP contribution in [0.4, 0.5) is 0 Å². The lowest BCUT2D eigenvalue weighted by Gasteiger charge is -2.40. The van der Waals surface area contributed by atoms with Gasteiger partial charge in [-0.2, -0.15) is 0 Å². The van der Waals surface area contributed by atoms with E-state index < -0.39 is 22.9 Å². The highest BCUT2D eigenvalue weighted by atomic mass is 35.5. The van der Waals surface area contributed by atoms with Crippen molar-refractivity contribution in [2.75, 3.05) is 6.61 Å². The first kappa shape index (κ1) is 22.0. The molecule has 3 aromatic carbocycles. The molecule has 3 aromatic rings. The summed E-state index contributed by atoms with van der Waals surface area (Å²) in [6, 6.07) is 28.9. The van der Waals surface area contributed by atoms with Gasteiger partial charge in [0.05, 0.1) is 13.2 Å². The van der Waals surface area contributed by atoms with Crippen molar-refractivity contribution in [1.29, 1.82) is 0 Å². The fourth-order valence-electron chi connectivity index (χ4n) is 4.19. The van der Waals surface area contributed by atoms with E-state index in [9.17, 15) is 10.2 Å². The lowest BCUT2D eigenvalue weighted by atomic mass is 9.74. The van der Waals surface area contributed by atoms with Crippen LogP contribution in [0.1, 0.15) is 16.7 Å². The van der Waals surface area contributed by atoms with E-state index in [1.807, 2.05) is 91.0 Å². The Labute approximate surface area is 188 Å². The van der Waals surface area contributed by atoms with E-state index in [2.05, 4.69) is 0 Å². The third kappa shape index (κ3) is 4.69. The van der Waals surface area contributed by atoms with Crippen molar-refractivity contribution in [3.05, 3.63) is 108 Å². The normalized spacial score (nSPS) is 28.0. The maximum atomic E-state index is 11.9. The Morgan fingerprint density at radius 1 is 0.710 bits per heavy atom. The van der Waals surface area contributed by atoms with Crippen molar-refractivity contribution >= 4 is 11.6 Å². The molecule has 0 bridgehead atoms. The van der Waals surface area contributed by atoms with Crippen LogP contribution in [0.3, 0.4) is 0 Å². The molecule has 0 saturated carbocycles. The average molecular weight is 439 g/mol. The van der Waals surface area contributed by atoms with Gasteiger partial charge in [-0.15, -0.1) is 0 Å². The lowest BCUT2D eigenvalue weighted by Crippen LogP contribution is -2.61. The van der Waals surface area contributed by atoms with Gasteiger partial charge in [0, 0.05) is 12.8 Å². The highest BCUT2D eigenvalue weighted by molar-refractivity contribution is 6.20. The minimum atomic E-state index is -1.69. The number of benzene rings is 3. The molecule has 4 rings (SSSR count). The second-order valence-electron chi connectivity index (χ2n) is 8.11. The van der Waals surface area contributed by atoms with Crippen molar-refractivity contribution in [3.8, 4) is 0 Å². The molecule has 1 saturated heterocycles. The highest BCUT2D eigenvalue weighted by Crippen LogP contribution is 2.46. The van der Waals surface area contributed by atoms with Crippen LogP contribution in [0, 0.1) is 0 Å². The maximum absolute atomic E-state index is 11.9. The topological polar surface area (TPSA) is 58.9 Å². The molecule has 1 aliphatic heterocycles. The van der Waals surface area contributed by atoms with Crippen LogP contribution in [0.25, 0.3) is 0 Å². The summed E-state index contributed by atoms with van der Waals surface area (Å²) in [7, 11) is 0. The third-order valence-electron chi connectivity index (χ3n) is 5.96. The van der Waals surface area contributed by atoms with Gasteiger partial charge < -0.3 is 19.7 Å². The maximum Gasteiger partial charge on any atom is 0.163 e. The van der Waals surface area contributed by atoms with Crippen molar-refractivity contribution in [1.82, 2.24) is 0 Å². The number of halogens is 1. The molecule has 2 N–H and O–H groups in total. The van der Waals surface area contributed by atoms with Crippen LogP contribution in [0.5, 0.6) is 0 Å². The van der Waals surface area contributed by atoms with Gasteiger partial charge in [0.15, 0.2) is 5.56 Å². The summed E-state index contributed by atoms with van der Waals surface area (Å²) >= 11 is 6.52. The minimum Gasteiger partial charge on any atom is -0.384 e. The molecule has 0 aliphatic carbocycles. The van der Waals surface area contributed by atoms with Gasteiger partial charge in [0.25, 0.3) is 0 Å². The first-order chi connectivity index (χ1) is 15.0. The molecule has 5 heteroatoms. The molecule has 0 aromatic heterocycles. The van der Waals surface area contributed by atoms with Crippen LogP contribution >= 0.6 is 11.6 Å². The summed E-state index contributed by atoms with van der Waals surface area (Å²) in [5.41, 5.74) is -1.61. The zero-order valence-electron chi connectivity index (χ0n) is 17.2. The Balaban J connectivity index is 1.58. The standard InChI is InChI=1S/C26H27ClO4/c27-24-26(29,17-21-12-6-2-7-13-21)25(28,16-20-10-4-1-5-11-20)23(31-24)19-30-18-22-14-8-3-9-15-22/h1-15,23-24,28-29H,16-19H2/t23-,24+,25-,26-/m1/s1. The second kappa shape index (κ2) is 9.51. The largest absolute Gasteiger partial charge is 0.384 e. The molecule has 0 spiro atoms. The van der Waals surface area contributed by atoms with Gasteiger partial charge in [-0.25, -0.2) is 0 Å². The quantitative estimate of drug-likeness (QED) is 0.519. The molecular weight excluding hydrogens is 412 g/mol. The first-order valence-electron chi connectivity index (χ1n) is 10.4. The molecule has 1 fully saturated rings. The predicted octanol–water partition coefficient (Wildman–Crippen LogP) is 4.11. The van der Waals surface area contributed by atoms with E-state index in [1.54, 1.807) is 0 Å². The second-order valence-corrected chi connectivity index (χ2v) is 8.51. The number of alkyl halides is 1. The Hall–Kier alpha value is -2.21. The van der Waals surface area contributed by atoms with Crippen LogP contribution in [-0.2, 0) is 28.9 Å². The third-order valence-corrected chi connectivity index (χ3v) is 6.42. The smallest absolute Gasteiger partial charge is 0.163 e. The fourth-order valence-corrected chi connectivity index (χ4v) is 4.58. The summed E-state index contributed by atoms with van der Waals surface area (Å²) in [4.78, 5) is 0. The van der Waals surface area contributed by atoms with Gasteiger partial charge in [-0.1, -0.05) is 103 Å². The monoisotopic (exact) mass is 438 g/mol. The first-order valence-corrected chi connectivity index (χ1v) is 10.9. The van der Waals surface area contributed by atoms with Gasteiger partial charge >= 0.3 is 0 Å². The van der Waals surface area contributed by atoms with E-state index in [0.29, 0.717) is 6.61 Å². The Morgan fingerprint density at radius 3 is 1.68 bits per heavy atom. The summed E-state index contributed by atoms with van der Waals surface area (Å²) in [6.45, 7) is 0.491. The molecule has 31 heavy (non-hydrogen) atoms. The van der Waals surface area contributed by atoms with Crippen LogP contribution < -0.4 is 0 Å². The number of aliphatic hydroxyl groups is 2. The minimum absolute atomic E-state index is 0.110. The lowest BCUT2D eigenvalue weighted by molar-refractivity contribution is -0.146. The van der Waals surface area contributed by atoms with Crippen molar-refractivity contribution in [2.45, 2.75) is 42.3 Å². The van der Waals surface area contributed by atoms with E-state index in [-0.39, 0.29) is 19.4 Å². The summed E-state index contributed by atoms with van der Waals surface area (Å²) in [6.07, 6.45) is -0.423.